The molecular formula is C24H21F2N5Pt. The van der Waals surface area contributed by atoms with Gasteiger partial charge in [-0.05, 0) is 45.8 Å². The van der Waals surface area contributed by atoms with Crippen molar-refractivity contribution in [2.75, 3.05) is 19.0 Å². The van der Waals surface area contributed by atoms with Crippen molar-refractivity contribution in [3.8, 4) is 17.1 Å². The Morgan fingerprint density at radius 1 is 0.938 bits per heavy atom. The Morgan fingerprint density at radius 2 is 1.62 bits per heavy atom. The third-order valence-corrected chi connectivity index (χ3v) is 5.14. The van der Waals surface area contributed by atoms with Crippen LogP contribution in [0.15, 0.2) is 54.7 Å². The minimum absolute atomic E-state index is 0. The first-order valence-electron chi connectivity index (χ1n) is 9.72. The number of aromatic nitrogens is 4. The molecular weight excluding hydrogens is 591 g/mol. The van der Waals surface area contributed by atoms with Crippen molar-refractivity contribution >= 4 is 5.69 Å². The van der Waals surface area contributed by atoms with Crippen LogP contribution >= 0.6 is 0 Å². The van der Waals surface area contributed by atoms with Crippen LogP contribution in [0.25, 0.3) is 17.1 Å². The van der Waals surface area contributed by atoms with Gasteiger partial charge in [0, 0.05) is 16.8 Å². The molecule has 4 heterocycles. The first-order chi connectivity index (χ1) is 14.8. The van der Waals surface area contributed by atoms with E-state index in [0.717, 1.165) is 23.3 Å². The van der Waals surface area contributed by atoms with Gasteiger partial charge in [0.25, 0.3) is 0 Å². The summed E-state index contributed by atoms with van der Waals surface area (Å²) in [7, 11) is 3.94. The average Bonchev–Trinajstić information content (AvgIpc) is 3.25. The Balaban J connectivity index is 0.00000289. The van der Waals surface area contributed by atoms with Gasteiger partial charge >= 0.3 is 21.1 Å². The van der Waals surface area contributed by atoms with Crippen LogP contribution in [0, 0.1) is 24.2 Å². The van der Waals surface area contributed by atoms with Crippen molar-refractivity contribution in [2.45, 2.75) is 19.3 Å². The van der Waals surface area contributed by atoms with E-state index in [9.17, 15) is 8.78 Å². The maximum absolute atomic E-state index is 14.1. The number of rotatable bonds is 5. The summed E-state index contributed by atoms with van der Waals surface area (Å²) >= 11 is 0. The van der Waals surface area contributed by atoms with Crippen LogP contribution < -0.4 is 4.90 Å². The summed E-state index contributed by atoms with van der Waals surface area (Å²) in [5.41, 5.74) is 2.29. The second kappa shape index (κ2) is 9.29. The second-order valence-corrected chi connectivity index (χ2v) is 7.89. The molecule has 0 radical (unpaired) electrons. The van der Waals surface area contributed by atoms with Crippen molar-refractivity contribution in [1.29, 1.82) is 0 Å². The molecule has 0 saturated carbocycles. The topological polar surface area (TPSA) is 46.8 Å². The van der Waals surface area contributed by atoms with Crippen molar-refractivity contribution in [3.63, 3.8) is 0 Å². The number of anilines is 1. The Kier molecular flexibility index (Phi) is 6.89. The smallest absolute Gasteiger partial charge is 0.434 e. The van der Waals surface area contributed by atoms with Gasteiger partial charge in [-0.1, -0.05) is 54.0 Å². The minimum atomic E-state index is -0.942. The monoisotopic (exact) mass is 612 g/mol. The quantitative estimate of drug-likeness (QED) is 0.244. The third-order valence-electron chi connectivity index (χ3n) is 5.14. The predicted molar refractivity (Wildman–Crippen MR) is 115 cm³/mol. The molecule has 0 amide bonds. The average molecular weight is 613 g/mol. The van der Waals surface area contributed by atoms with E-state index in [1.54, 1.807) is 12.1 Å². The zero-order valence-corrected chi connectivity index (χ0v) is 20.3. The van der Waals surface area contributed by atoms with E-state index < -0.39 is 17.3 Å². The molecule has 0 aliphatic rings. The van der Waals surface area contributed by atoms with Crippen molar-refractivity contribution in [3.05, 3.63) is 90.3 Å². The normalized spacial score (nSPS) is 11.2. The Morgan fingerprint density at radius 3 is 2.28 bits per heavy atom. The summed E-state index contributed by atoms with van der Waals surface area (Å²) in [6.07, 6.45) is 5.13. The fourth-order valence-corrected chi connectivity index (χ4v) is 3.23. The van der Waals surface area contributed by atoms with Crippen LogP contribution in [0.5, 0.6) is 0 Å². The number of halogens is 2. The minimum Gasteiger partial charge on any atom is -0.434 e. The summed E-state index contributed by atoms with van der Waals surface area (Å²) in [6, 6.07) is 16.5. The standard InChI is InChI=1S/C24H21F2N5.Pt/c1-24(2,19-8-5-7-18(27-19)17-11-12-21(25)29-23(17)26)20-9-6-10-22(28-20)31-14-13-16(15-31)30(3)4;/h5-10,12-13,15H,1-4H3;/q-2;+2. The van der Waals surface area contributed by atoms with Crippen LogP contribution in [0.2, 0.25) is 0 Å². The van der Waals surface area contributed by atoms with Crippen molar-refractivity contribution in [1.82, 2.24) is 19.5 Å². The molecule has 0 atom stereocenters. The van der Waals surface area contributed by atoms with E-state index in [1.807, 2.05) is 73.9 Å². The molecule has 0 unspecified atom stereocenters. The van der Waals surface area contributed by atoms with Gasteiger partial charge in [0.15, 0.2) is 0 Å². The van der Waals surface area contributed by atoms with Crippen molar-refractivity contribution in [2.24, 2.45) is 0 Å². The van der Waals surface area contributed by atoms with Gasteiger partial charge in [-0.15, -0.1) is 12.1 Å². The molecule has 32 heavy (non-hydrogen) atoms. The SMILES string of the molecule is CN(C)c1c[c-]n(-c2cccc(C(C)(C)c3cccc(-c4[c-]cc(F)nc4F)n3)n2)c1.[Pt+2]. The molecule has 0 spiro atoms. The predicted octanol–water partition coefficient (Wildman–Crippen LogP) is 4.60. The Hall–Kier alpha value is -2.92. The fourth-order valence-electron chi connectivity index (χ4n) is 3.23. The molecule has 0 fully saturated rings. The number of pyridine rings is 3. The molecule has 8 heteroatoms. The van der Waals surface area contributed by atoms with E-state index in [4.69, 9.17) is 4.98 Å². The molecule has 0 aliphatic carbocycles. The van der Waals surface area contributed by atoms with Crippen LogP contribution in [0.1, 0.15) is 25.2 Å². The van der Waals surface area contributed by atoms with Gasteiger partial charge < -0.3 is 14.5 Å². The largest absolute Gasteiger partial charge is 2.00 e. The van der Waals surface area contributed by atoms with Gasteiger partial charge in [0.1, 0.15) is 11.9 Å². The number of hydrogen-bond acceptors (Lipinski definition) is 4. The van der Waals surface area contributed by atoms with Gasteiger partial charge in [-0.2, -0.15) is 0 Å². The molecule has 0 saturated heterocycles. The van der Waals surface area contributed by atoms with Crippen LogP contribution in [0.3, 0.4) is 0 Å². The number of nitrogens with zero attached hydrogens (tertiary/aromatic N) is 5. The Labute approximate surface area is 200 Å². The molecule has 166 valence electrons. The van der Waals surface area contributed by atoms with Crippen molar-refractivity contribution < 1.29 is 29.8 Å². The van der Waals surface area contributed by atoms with E-state index in [-0.39, 0.29) is 26.6 Å². The summed E-state index contributed by atoms with van der Waals surface area (Å²) in [5, 5.41) is 0. The molecule has 4 rings (SSSR count). The first kappa shape index (κ1) is 23.7. The molecule has 4 aromatic heterocycles. The summed E-state index contributed by atoms with van der Waals surface area (Å²) in [6.45, 7) is 4.00. The molecule has 0 N–H and O–H groups in total. The zero-order valence-electron chi connectivity index (χ0n) is 18.0. The molecule has 0 aromatic carbocycles. The second-order valence-electron chi connectivity index (χ2n) is 7.89. The molecule has 0 aliphatic heterocycles. The van der Waals surface area contributed by atoms with Gasteiger partial charge in [-0.25, -0.2) is 8.78 Å². The fraction of sp³-hybridized carbons (Fsp3) is 0.208. The first-order valence-corrected chi connectivity index (χ1v) is 9.72. The van der Waals surface area contributed by atoms with E-state index >= 15 is 0 Å². The molecule has 5 nitrogen and oxygen atoms in total. The summed E-state index contributed by atoms with van der Waals surface area (Å²) in [4.78, 5) is 14.7. The molecule has 0 bridgehead atoms. The van der Waals surface area contributed by atoms with Gasteiger partial charge in [0.05, 0.1) is 5.82 Å². The van der Waals surface area contributed by atoms with Gasteiger partial charge in [-0.3, -0.25) is 9.97 Å². The van der Waals surface area contributed by atoms with Gasteiger partial charge in [0.2, 0.25) is 0 Å². The summed E-state index contributed by atoms with van der Waals surface area (Å²) < 4.78 is 29.1. The molecule has 4 aromatic rings. The maximum atomic E-state index is 14.1. The maximum Gasteiger partial charge on any atom is 2.00 e. The summed E-state index contributed by atoms with van der Waals surface area (Å²) in [5.74, 6) is -1.13. The van der Waals surface area contributed by atoms with E-state index in [1.165, 1.54) is 0 Å². The van der Waals surface area contributed by atoms with Crippen LogP contribution in [0.4, 0.5) is 14.5 Å². The number of hydrogen-bond donors (Lipinski definition) is 0. The third kappa shape index (κ3) is 4.63. The Bertz CT molecular complexity index is 1240. The van der Waals surface area contributed by atoms with E-state index in [0.29, 0.717) is 11.4 Å². The van der Waals surface area contributed by atoms with E-state index in [2.05, 4.69) is 22.2 Å². The van der Waals surface area contributed by atoms with Crippen LogP contribution in [-0.4, -0.2) is 33.6 Å². The zero-order chi connectivity index (χ0) is 22.2. The van der Waals surface area contributed by atoms with Crippen LogP contribution in [-0.2, 0) is 26.5 Å².